The Morgan fingerprint density at radius 2 is 1.65 bits per heavy atom. The van der Waals surface area contributed by atoms with Crippen molar-refractivity contribution in [2.24, 2.45) is 0 Å². The lowest BCUT2D eigenvalue weighted by atomic mass is 10.2. The van der Waals surface area contributed by atoms with Crippen LogP contribution in [0.2, 0.25) is 0 Å². The smallest absolute Gasteiger partial charge is 0.259 e. The number of hydrogen-bond donors (Lipinski definition) is 0. The molecule has 0 aromatic rings. The molecule has 2 fully saturated rings. The van der Waals surface area contributed by atoms with Crippen molar-refractivity contribution in [1.82, 2.24) is 8.61 Å². The van der Waals surface area contributed by atoms with Gasteiger partial charge in [-0.25, -0.2) is 0 Å². The first-order valence-electron chi connectivity index (χ1n) is 5.98. The fraction of sp³-hybridized carbons (Fsp3) is 1.00. The second-order valence-electron chi connectivity index (χ2n) is 5.26. The standard InChI is InChI=1S/C10H20N2O3S2/c1-10(2)9-12(7-8-16(10)13)17(14,15)11-5-3-4-6-11/h3-9H2,1-2H3/t16-/m0/s1. The third kappa shape index (κ3) is 2.57. The van der Waals surface area contributed by atoms with Gasteiger partial charge >= 0.3 is 0 Å². The molecule has 0 saturated carbocycles. The maximum Gasteiger partial charge on any atom is 0.282 e. The van der Waals surface area contributed by atoms with Crippen LogP contribution in [0.4, 0.5) is 0 Å². The minimum absolute atomic E-state index is 0.360. The maximum absolute atomic E-state index is 12.3. The van der Waals surface area contributed by atoms with Gasteiger partial charge < -0.3 is 0 Å². The van der Waals surface area contributed by atoms with Crippen LogP contribution in [0, 0.1) is 0 Å². The van der Waals surface area contributed by atoms with Crippen LogP contribution in [-0.4, -0.2) is 57.9 Å². The average Bonchev–Trinajstić information content (AvgIpc) is 2.75. The molecule has 7 heteroatoms. The minimum atomic E-state index is -3.32. The Balaban J connectivity index is 2.15. The van der Waals surface area contributed by atoms with Gasteiger partial charge in [-0.2, -0.15) is 17.0 Å². The maximum atomic E-state index is 12.3. The van der Waals surface area contributed by atoms with Crippen molar-refractivity contribution < 1.29 is 12.6 Å². The third-order valence-corrected chi connectivity index (χ3v) is 7.31. The molecule has 2 heterocycles. The molecule has 0 bridgehead atoms. The van der Waals surface area contributed by atoms with Gasteiger partial charge in [0.25, 0.3) is 10.2 Å². The number of rotatable bonds is 2. The third-order valence-electron chi connectivity index (χ3n) is 3.42. The van der Waals surface area contributed by atoms with E-state index in [0.29, 0.717) is 31.9 Å². The Labute approximate surface area is 106 Å². The van der Waals surface area contributed by atoms with E-state index < -0.39 is 25.8 Å². The molecular weight excluding hydrogens is 260 g/mol. The van der Waals surface area contributed by atoms with Crippen LogP contribution in [0.25, 0.3) is 0 Å². The summed E-state index contributed by atoms with van der Waals surface area (Å²) < 4.78 is 39.1. The van der Waals surface area contributed by atoms with E-state index in [4.69, 9.17) is 0 Å². The lowest BCUT2D eigenvalue weighted by Crippen LogP contribution is -2.55. The fourth-order valence-corrected chi connectivity index (χ4v) is 5.61. The lowest BCUT2D eigenvalue weighted by Gasteiger charge is -2.37. The SMILES string of the molecule is CC1(C)CN(S(=O)(=O)N2CCCC2)CC[S@@]1=O. The highest BCUT2D eigenvalue weighted by Gasteiger charge is 2.40. The molecule has 2 saturated heterocycles. The van der Waals surface area contributed by atoms with Gasteiger partial charge in [-0.1, -0.05) is 0 Å². The predicted octanol–water partition coefficient (Wildman–Crippen LogP) is 0.170. The van der Waals surface area contributed by atoms with Crippen LogP contribution >= 0.6 is 0 Å². The van der Waals surface area contributed by atoms with Crippen molar-refractivity contribution in [1.29, 1.82) is 0 Å². The molecule has 0 radical (unpaired) electrons. The molecule has 0 aromatic heterocycles. The molecule has 0 spiro atoms. The van der Waals surface area contributed by atoms with E-state index in [-0.39, 0.29) is 0 Å². The van der Waals surface area contributed by atoms with E-state index in [2.05, 4.69) is 0 Å². The topological polar surface area (TPSA) is 57.7 Å². The summed E-state index contributed by atoms with van der Waals surface area (Å²) in [5, 5.41) is 0. The predicted molar refractivity (Wildman–Crippen MR) is 68.4 cm³/mol. The minimum Gasteiger partial charge on any atom is -0.259 e. The van der Waals surface area contributed by atoms with Gasteiger partial charge in [0.1, 0.15) is 0 Å². The number of nitrogens with zero attached hydrogens (tertiary/aromatic N) is 2. The first-order chi connectivity index (χ1) is 7.84. The molecule has 0 aliphatic carbocycles. The fourth-order valence-electron chi connectivity index (χ4n) is 2.32. The lowest BCUT2D eigenvalue weighted by molar-refractivity contribution is 0.340. The van der Waals surface area contributed by atoms with E-state index in [9.17, 15) is 12.6 Å². The van der Waals surface area contributed by atoms with Gasteiger partial charge in [0, 0.05) is 42.7 Å². The normalized spacial score (nSPS) is 31.8. The molecule has 5 nitrogen and oxygen atoms in total. The van der Waals surface area contributed by atoms with E-state index >= 15 is 0 Å². The van der Waals surface area contributed by atoms with Gasteiger partial charge in [0.2, 0.25) is 0 Å². The summed E-state index contributed by atoms with van der Waals surface area (Å²) in [7, 11) is -4.26. The number of hydrogen-bond acceptors (Lipinski definition) is 3. The molecule has 0 amide bonds. The van der Waals surface area contributed by atoms with E-state index in [1.54, 1.807) is 4.31 Å². The Morgan fingerprint density at radius 1 is 1.06 bits per heavy atom. The van der Waals surface area contributed by atoms with Gasteiger partial charge in [0.15, 0.2) is 0 Å². The van der Waals surface area contributed by atoms with Crippen LogP contribution in [-0.2, 0) is 21.0 Å². The molecular formula is C10H20N2O3S2. The highest BCUT2D eigenvalue weighted by molar-refractivity contribution is 7.88. The quantitative estimate of drug-likeness (QED) is 0.724. The summed E-state index contributed by atoms with van der Waals surface area (Å²) in [6.07, 6.45) is 1.89. The summed E-state index contributed by atoms with van der Waals surface area (Å²) >= 11 is 0. The monoisotopic (exact) mass is 280 g/mol. The van der Waals surface area contributed by atoms with Crippen molar-refractivity contribution in [3.8, 4) is 0 Å². The van der Waals surface area contributed by atoms with E-state index in [1.165, 1.54) is 4.31 Å². The zero-order chi connectivity index (χ0) is 12.7. The Kier molecular flexibility index (Phi) is 3.64. The molecule has 0 unspecified atom stereocenters. The van der Waals surface area contributed by atoms with Crippen LogP contribution in [0.5, 0.6) is 0 Å². The molecule has 2 aliphatic rings. The zero-order valence-corrected chi connectivity index (χ0v) is 12.0. The van der Waals surface area contributed by atoms with Gasteiger partial charge in [-0.3, -0.25) is 4.21 Å². The van der Waals surface area contributed by atoms with E-state index in [1.807, 2.05) is 13.8 Å². The first kappa shape index (κ1) is 13.5. The van der Waals surface area contributed by atoms with Crippen LogP contribution in [0.3, 0.4) is 0 Å². The van der Waals surface area contributed by atoms with Gasteiger partial charge in [-0.15, -0.1) is 0 Å². The van der Waals surface area contributed by atoms with Crippen molar-refractivity contribution in [3.63, 3.8) is 0 Å². The Hall–Kier alpha value is 0.0200. The zero-order valence-electron chi connectivity index (χ0n) is 10.4. The Morgan fingerprint density at radius 3 is 2.18 bits per heavy atom. The molecule has 0 N–H and O–H groups in total. The summed E-state index contributed by atoms with van der Waals surface area (Å²) in [5.74, 6) is 0.445. The highest BCUT2D eigenvalue weighted by atomic mass is 32.2. The second-order valence-corrected chi connectivity index (χ2v) is 9.39. The summed E-state index contributed by atoms with van der Waals surface area (Å²) in [4.78, 5) is 0. The highest BCUT2D eigenvalue weighted by Crippen LogP contribution is 2.25. The molecule has 17 heavy (non-hydrogen) atoms. The summed E-state index contributed by atoms with van der Waals surface area (Å²) in [6.45, 7) is 5.74. The van der Waals surface area contributed by atoms with E-state index in [0.717, 1.165) is 12.8 Å². The summed E-state index contributed by atoms with van der Waals surface area (Å²) in [6, 6.07) is 0. The second kappa shape index (κ2) is 4.60. The van der Waals surface area contributed by atoms with Gasteiger partial charge in [-0.05, 0) is 26.7 Å². The molecule has 1 atom stereocenters. The van der Waals surface area contributed by atoms with Crippen molar-refractivity contribution in [2.75, 3.05) is 31.9 Å². The van der Waals surface area contributed by atoms with Crippen molar-refractivity contribution in [2.45, 2.75) is 31.4 Å². The first-order valence-corrected chi connectivity index (χ1v) is 8.69. The van der Waals surface area contributed by atoms with Crippen LogP contribution in [0.15, 0.2) is 0 Å². The molecule has 2 aliphatic heterocycles. The molecule has 100 valence electrons. The van der Waals surface area contributed by atoms with Crippen molar-refractivity contribution >= 4 is 21.0 Å². The molecule has 2 rings (SSSR count). The van der Waals surface area contributed by atoms with Crippen molar-refractivity contribution in [3.05, 3.63) is 0 Å². The Bertz CT molecular complexity index is 413. The van der Waals surface area contributed by atoms with Gasteiger partial charge in [0.05, 0.1) is 4.75 Å². The van der Waals surface area contributed by atoms with Crippen LogP contribution in [0.1, 0.15) is 26.7 Å². The largest absolute Gasteiger partial charge is 0.282 e. The summed E-state index contributed by atoms with van der Waals surface area (Å²) in [5.41, 5.74) is 0. The van der Waals surface area contributed by atoms with Crippen LogP contribution < -0.4 is 0 Å². The average molecular weight is 280 g/mol. The molecule has 0 aromatic carbocycles.